The minimum atomic E-state index is -0.0335. The van der Waals surface area contributed by atoms with Crippen LogP contribution in [0.2, 0.25) is 0 Å². The third kappa shape index (κ3) is 3.05. The smallest absolute Gasteiger partial charge is 0.276 e. The number of aromatic nitrogens is 1. The highest BCUT2D eigenvalue weighted by Gasteiger charge is 2.29. The van der Waals surface area contributed by atoms with Crippen LogP contribution in [-0.4, -0.2) is 33.9 Å². The molecule has 1 fully saturated rings. The average molecular weight is 271 g/mol. The van der Waals surface area contributed by atoms with Crippen LogP contribution in [0.3, 0.4) is 0 Å². The fourth-order valence-corrected chi connectivity index (χ4v) is 2.71. The zero-order chi connectivity index (χ0) is 13.1. The minimum absolute atomic E-state index is 0.0335. The second kappa shape index (κ2) is 5.74. The van der Waals surface area contributed by atoms with Gasteiger partial charge >= 0.3 is 0 Å². The highest BCUT2D eigenvalue weighted by Crippen LogP contribution is 2.24. The van der Waals surface area contributed by atoms with Gasteiger partial charge in [0, 0.05) is 24.0 Å². The molecule has 4 nitrogen and oxygen atoms in total. The SMILES string of the molecule is Cc1cc(C(=O)N2CCCCC2CC(C)Cl)no1. The Labute approximate surface area is 112 Å². The molecule has 1 aromatic rings. The van der Waals surface area contributed by atoms with Crippen LogP contribution in [-0.2, 0) is 0 Å². The van der Waals surface area contributed by atoms with Crippen molar-refractivity contribution in [1.29, 1.82) is 0 Å². The molecule has 0 radical (unpaired) electrons. The molecule has 1 saturated heterocycles. The van der Waals surface area contributed by atoms with Crippen molar-refractivity contribution >= 4 is 17.5 Å². The van der Waals surface area contributed by atoms with Gasteiger partial charge in [0.1, 0.15) is 5.76 Å². The lowest BCUT2D eigenvalue weighted by Crippen LogP contribution is -2.44. The van der Waals surface area contributed by atoms with E-state index in [0.717, 1.165) is 32.2 Å². The summed E-state index contributed by atoms with van der Waals surface area (Å²) in [4.78, 5) is 14.3. The number of hydrogen-bond acceptors (Lipinski definition) is 3. The molecule has 0 spiro atoms. The van der Waals surface area contributed by atoms with E-state index in [2.05, 4.69) is 5.16 Å². The van der Waals surface area contributed by atoms with Gasteiger partial charge in [0.05, 0.1) is 0 Å². The Morgan fingerprint density at radius 2 is 2.44 bits per heavy atom. The summed E-state index contributed by atoms with van der Waals surface area (Å²) in [7, 11) is 0. The summed E-state index contributed by atoms with van der Waals surface area (Å²) in [5.74, 6) is 0.631. The van der Waals surface area contributed by atoms with E-state index in [1.54, 1.807) is 13.0 Å². The van der Waals surface area contributed by atoms with Crippen molar-refractivity contribution in [2.45, 2.75) is 50.9 Å². The Balaban J connectivity index is 2.10. The molecule has 1 amide bonds. The third-order valence-corrected chi connectivity index (χ3v) is 3.51. The van der Waals surface area contributed by atoms with Crippen LogP contribution in [0.15, 0.2) is 10.6 Å². The standard InChI is InChI=1S/C13H19ClN2O2/c1-9(14)7-11-5-3-4-6-16(11)13(17)12-8-10(2)18-15-12/h8-9,11H,3-7H2,1-2H3. The van der Waals surface area contributed by atoms with Crippen molar-refractivity contribution in [3.63, 3.8) is 0 Å². The van der Waals surface area contributed by atoms with Crippen molar-refractivity contribution in [2.24, 2.45) is 0 Å². The van der Waals surface area contributed by atoms with Crippen molar-refractivity contribution in [3.8, 4) is 0 Å². The topological polar surface area (TPSA) is 46.3 Å². The Bertz CT molecular complexity index is 417. The summed E-state index contributed by atoms with van der Waals surface area (Å²) in [5.41, 5.74) is 0.404. The zero-order valence-corrected chi connectivity index (χ0v) is 11.6. The van der Waals surface area contributed by atoms with Gasteiger partial charge < -0.3 is 9.42 Å². The molecule has 5 heteroatoms. The number of likely N-dealkylation sites (tertiary alicyclic amines) is 1. The zero-order valence-electron chi connectivity index (χ0n) is 10.9. The first-order valence-corrected chi connectivity index (χ1v) is 6.90. The average Bonchev–Trinajstić information content (AvgIpc) is 2.75. The Kier molecular flexibility index (Phi) is 4.27. The lowest BCUT2D eigenvalue weighted by atomic mass is 9.97. The van der Waals surface area contributed by atoms with Gasteiger partial charge in [0.2, 0.25) is 0 Å². The number of hydrogen-bond donors (Lipinski definition) is 0. The van der Waals surface area contributed by atoms with E-state index in [1.807, 2.05) is 11.8 Å². The number of amides is 1. The first-order valence-electron chi connectivity index (χ1n) is 6.46. The number of carbonyl (C=O) groups is 1. The van der Waals surface area contributed by atoms with Gasteiger partial charge in [-0.05, 0) is 39.5 Å². The largest absolute Gasteiger partial charge is 0.361 e. The first-order chi connectivity index (χ1) is 8.58. The van der Waals surface area contributed by atoms with E-state index in [9.17, 15) is 4.79 Å². The Hall–Kier alpha value is -1.03. The number of aryl methyl sites for hydroxylation is 1. The van der Waals surface area contributed by atoms with E-state index in [-0.39, 0.29) is 17.3 Å². The quantitative estimate of drug-likeness (QED) is 0.793. The number of nitrogens with zero attached hydrogens (tertiary/aromatic N) is 2. The number of alkyl halides is 1. The van der Waals surface area contributed by atoms with Crippen LogP contribution in [0.1, 0.15) is 48.9 Å². The lowest BCUT2D eigenvalue weighted by molar-refractivity contribution is 0.0591. The van der Waals surface area contributed by atoms with Crippen molar-refractivity contribution in [2.75, 3.05) is 6.54 Å². The van der Waals surface area contributed by atoms with E-state index in [0.29, 0.717) is 11.5 Å². The maximum Gasteiger partial charge on any atom is 0.276 e. The Morgan fingerprint density at radius 1 is 1.67 bits per heavy atom. The number of carbonyl (C=O) groups excluding carboxylic acids is 1. The molecular formula is C13H19ClN2O2. The number of piperidine rings is 1. The molecule has 1 aliphatic heterocycles. The van der Waals surface area contributed by atoms with E-state index in [1.165, 1.54) is 0 Å². The second-order valence-electron chi connectivity index (χ2n) is 4.99. The van der Waals surface area contributed by atoms with Gasteiger partial charge in [0.15, 0.2) is 5.69 Å². The van der Waals surface area contributed by atoms with Crippen LogP contribution >= 0.6 is 11.6 Å². The van der Waals surface area contributed by atoms with Gasteiger partial charge in [-0.1, -0.05) is 5.16 Å². The highest BCUT2D eigenvalue weighted by molar-refractivity contribution is 6.20. The molecule has 2 rings (SSSR count). The molecule has 2 heterocycles. The molecular weight excluding hydrogens is 252 g/mol. The van der Waals surface area contributed by atoms with Crippen molar-refractivity contribution in [1.82, 2.24) is 10.1 Å². The highest BCUT2D eigenvalue weighted by atomic mass is 35.5. The lowest BCUT2D eigenvalue weighted by Gasteiger charge is -2.35. The molecule has 0 bridgehead atoms. The normalized spacial score (nSPS) is 21.9. The summed E-state index contributed by atoms with van der Waals surface area (Å²) >= 11 is 6.06. The van der Waals surface area contributed by atoms with Crippen LogP contribution in [0.4, 0.5) is 0 Å². The summed E-state index contributed by atoms with van der Waals surface area (Å²) in [6.45, 7) is 4.55. The maximum absolute atomic E-state index is 12.4. The van der Waals surface area contributed by atoms with Crippen LogP contribution < -0.4 is 0 Å². The second-order valence-corrected chi connectivity index (χ2v) is 5.73. The van der Waals surface area contributed by atoms with Gasteiger partial charge in [-0.2, -0.15) is 0 Å². The molecule has 1 aromatic heterocycles. The van der Waals surface area contributed by atoms with Crippen LogP contribution in [0.25, 0.3) is 0 Å². The summed E-state index contributed by atoms with van der Waals surface area (Å²) in [5, 5.41) is 3.89. The molecule has 100 valence electrons. The Morgan fingerprint density at radius 3 is 3.06 bits per heavy atom. The maximum atomic E-state index is 12.4. The van der Waals surface area contributed by atoms with Crippen molar-refractivity contribution < 1.29 is 9.32 Å². The first kappa shape index (κ1) is 13.4. The number of halogens is 1. The van der Waals surface area contributed by atoms with E-state index < -0.39 is 0 Å². The fourth-order valence-electron chi connectivity index (χ4n) is 2.50. The summed E-state index contributed by atoms with van der Waals surface area (Å²) in [6, 6.07) is 1.92. The van der Waals surface area contributed by atoms with E-state index in [4.69, 9.17) is 16.1 Å². The van der Waals surface area contributed by atoms with Crippen LogP contribution in [0.5, 0.6) is 0 Å². The minimum Gasteiger partial charge on any atom is -0.361 e. The predicted molar refractivity (Wildman–Crippen MR) is 69.8 cm³/mol. The van der Waals surface area contributed by atoms with Crippen LogP contribution in [0, 0.1) is 6.92 Å². The number of rotatable bonds is 3. The third-order valence-electron chi connectivity index (χ3n) is 3.33. The summed E-state index contributed by atoms with van der Waals surface area (Å²) < 4.78 is 4.97. The van der Waals surface area contributed by atoms with Gasteiger partial charge in [0.25, 0.3) is 5.91 Å². The molecule has 18 heavy (non-hydrogen) atoms. The molecule has 0 N–H and O–H groups in total. The van der Waals surface area contributed by atoms with Gasteiger partial charge in [-0.3, -0.25) is 4.79 Å². The summed E-state index contributed by atoms with van der Waals surface area (Å²) in [6.07, 6.45) is 4.08. The molecule has 2 unspecified atom stereocenters. The van der Waals surface area contributed by atoms with Gasteiger partial charge in [-0.25, -0.2) is 0 Å². The van der Waals surface area contributed by atoms with Gasteiger partial charge in [-0.15, -0.1) is 11.6 Å². The molecule has 0 aromatic carbocycles. The molecule has 0 aliphatic carbocycles. The fraction of sp³-hybridized carbons (Fsp3) is 0.692. The molecule has 1 aliphatic rings. The monoisotopic (exact) mass is 270 g/mol. The van der Waals surface area contributed by atoms with Crippen molar-refractivity contribution in [3.05, 3.63) is 17.5 Å². The van der Waals surface area contributed by atoms with E-state index >= 15 is 0 Å². The predicted octanol–water partition coefficient (Wildman–Crippen LogP) is 3.00. The molecule has 2 atom stereocenters. The molecule has 0 saturated carbocycles.